The summed E-state index contributed by atoms with van der Waals surface area (Å²) in [6, 6.07) is 9.91. The Morgan fingerprint density at radius 1 is 1.23 bits per heavy atom. The number of nitrogens with zero attached hydrogens (tertiary/aromatic N) is 1. The van der Waals surface area contributed by atoms with Gasteiger partial charge in [0, 0.05) is 0 Å². The number of hydrogen-bond acceptors (Lipinski definition) is 3. The van der Waals surface area contributed by atoms with Crippen LogP contribution in [0, 0.1) is 0 Å². The van der Waals surface area contributed by atoms with Gasteiger partial charge in [0.25, 0.3) is 0 Å². The first kappa shape index (κ1) is 7.86. The van der Waals surface area contributed by atoms with E-state index >= 15 is 0 Å². The van der Waals surface area contributed by atoms with Gasteiger partial charge in [-0.05, 0) is 5.56 Å². The molecule has 0 spiro atoms. The quantitative estimate of drug-likeness (QED) is 0.717. The van der Waals surface area contributed by atoms with Crippen LogP contribution in [0.15, 0.2) is 47.3 Å². The Morgan fingerprint density at radius 3 is 2.77 bits per heavy atom. The van der Waals surface area contributed by atoms with E-state index in [1.807, 2.05) is 30.3 Å². The number of rotatable bonds is 3. The molecule has 2 rings (SSSR count). The predicted molar refractivity (Wildman–Crippen MR) is 47.3 cm³/mol. The average molecular weight is 175 g/mol. The summed E-state index contributed by atoms with van der Waals surface area (Å²) in [5.41, 5.74) is 1.11. The first-order chi connectivity index (χ1) is 6.45. The van der Waals surface area contributed by atoms with Gasteiger partial charge in [-0.25, -0.2) is 4.98 Å². The third kappa shape index (κ3) is 2.08. The SMILES string of the molecule is c1ccc(COc2cnco2)cc1. The van der Waals surface area contributed by atoms with Crippen molar-refractivity contribution in [3.05, 3.63) is 48.5 Å². The molecule has 0 fully saturated rings. The van der Waals surface area contributed by atoms with Crippen molar-refractivity contribution in [2.45, 2.75) is 6.61 Å². The topological polar surface area (TPSA) is 35.3 Å². The normalized spacial score (nSPS) is 9.85. The molecule has 66 valence electrons. The molecule has 13 heavy (non-hydrogen) atoms. The van der Waals surface area contributed by atoms with E-state index in [9.17, 15) is 0 Å². The molecule has 0 amide bonds. The van der Waals surface area contributed by atoms with E-state index in [1.54, 1.807) is 6.20 Å². The second-order valence-electron chi connectivity index (χ2n) is 2.59. The lowest BCUT2D eigenvalue weighted by molar-refractivity contribution is 0.232. The molecule has 3 heteroatoms. The summed E-state index contributed by atoms with van der Waals surface area (Å²) < 4.78 is 10.2. The monoisotopic (exact) mass is 175 g/mol. The molecule has 0 aliphatic heterocycles. The van der Waals surface area contributed by atoms with Crippen molar-refractivity contribution < 1.29 is 9.15 Å². The zero-order valence-corrected chi connectivity index (χ0v) is 7.01. The smallest absolute Gasteiger partial charge is 0.305 e. The zero-order chi connectivity index (χ0) is 8.93. The minimum Gasteiger partial charge on any atom is -0.459 e. The fourth-order valence-electron chi connectivity index (χ4n) is 1.00. The van der Waals surface area contributed by atoms with E-state index in [1.165, 1.54) is 6.39 Å². The summed E-state index contributed by atoms with van der Waals surface area (Å²) in [6.07, 6.45) is 2.89. The minimum atomic E-state index is 0.448. The van der Waals surface area contributed by atoms with Crippen molar-refractivity contribution in [3.8, 4) is 5.95 Å². The maximum absolute atomic E-state index is 5.30. The molecule has 0 saturated carbocycles. The largest absolute Gasteiger partial charge is 0.459 e. The molecule has 2 aromatic rings. The number of aromatic nitrogens is 1. The summed E-state index contributed by atoms with van der Waals surface area (Å²) in [5, 5.41) is 0. The highest BCUT2D eigenvalue weighted by Crippen LogP contribution is 2.10. The summed E-state index contributed by atoms with van der Waals surface area (Å²) in [4.78, 5) is 3.74. The van der Waals surface area contributed by atoms with Crippen molar-refractivity contribution in [2.24, 2.45) is 0 Å². The molecule has 1 heterocycles. The molecule has 0 saturated heterocycles. The Morgan fingerprint density at radius 2 is 2.08 bits per heavy atom. The second-order valence-corrected chi connectivity index (χ2v) is 2.59. The fourth-order valence-corrected chi connectivity index (χ4v) is 1.00. The van der Waals surface area contributed by atoms with Gasteiger partial charge in [0.1, 0.15) is 12.8 Å². The van der Waals surface area contributed by atoms with E-state index in [2.05, 4.69) is 4.98 Å². The lowest BCUT2D eigenvalue weighted by Crippen LogP contribution is -1.93. The average Bonchev–Trinajstić information content (AvgIpc) is 2.69. The Hall–Kier alpha value is -1.77. The van der Waals surface area contributed by atoms with Gasteiger partial charge >= 0.3 is 5.95 Å². The Balaban J connectivity index is 1.94. The van der Waals surface area contributed by atoms with Gasteiger partial charge in [-0.15, -0.1) is 0 Å². The van der Waals surface area contributed by atoms with Crippen LogP contribution in [0.1, 0.15) is 5.56 Å². The van der Waals surface area contributed by atoms with Crippen LogP contribution in [-0.2, 0) is 6.61 Å². The molecule has 0 aliphatic carbocycles. The van der Waals surface area contributed by atoms with Gasteiger partial charge in [0.15, 0.2) is 6.39 Å². The van der Waals surface area contributed by atoms with Crippen LogP contribution in [-0.4, -0.2) is 4.98 Å². The summed E-state index contributed by atoms with van der Waals surface area (Å²) in [5.74, 6) is 0.448. The Labute approximate surface area is 76.0 Å². The van der Waals surface area contributed by atoms with E-state index < -0.39 is 0 Å². The molecule has 1 aromatic carbocycles. The highest BCUT2D eigenvalue weighted by atomic mass is 16.6. The molecule has 0 atom stereocenters. The van der Waals surface area contributed by atoms with Gasteiger partial charge in [0.05, 0.1) is 0 Å². The molecule has 1 aromatic heterocycles. The molecule has 3 nitrogen and oxygen atoms in total. The second kappa shape index (κ2) is 3.76. The first-order valence-corrected chi connectivity index (χ1v) is 4.00. The van der Waals surface area contributed by atoms with Crippen molar-refractivity contribution >= 4 is 0 Å². The van der Waals surface area contributed by atoms with Gasteiger partial charge in [-0.3, -0.25) is 0 Å². The van der Waals surface area contributed by atoms with Crippen LogP contribution in [0.5, 0.6) is 5.95 Å². The van der Waals surface area contributed by atoms with E-state index in [0.717, 1.165) is 5.56 Å². The van der Waals surface area contributed by atoms with Gasteiger partial charge in [-0.1, -0.05) is 30.3 Å². The van der Waals surface area contributed by atoms with Crippen molar-refractivity contribution in [1.29, 1.82) is 0 Å². The van der Waals surface area contributed by atoms with Crippen LogP contribution in [0.3, 0.4) is 0 Å². The highest BCUT2D eigenvalue weighted by Gasteiger charge is 1.96. The van der Waals surface area contributed by atoms with Gasteiger partial charge in [0.2, 0.25) is 0 Å². The van der Waals surface area contributed by atoms with Crippen molar-refractivity contribution in [2.75, 3.05) is 0 Å². The van der Waals surface area contributed by atoms with E-state index in [4.69, 9.17) is 9.15 Å². The predicted octanol–water partition coefficient (Wildman–Crippen LogP) is 2.25. The van der Waals surface area contributed by atoms with Crippen molar-refractivity contribution in [1.82, 2.24) is 4.98 Å². The number of ether oxygens (including phenoxy) is 1. The molecule has 0 radical (unpaired) electrons. The molecule has 0 aliphatic rings. The lowest BCUT2D eigenvalue weighted by atomic mass is 10.2. The minimum absolute atomic E-state index is 0.448. The molecular weight excluding hydrogens is 166 g/mol. The van der Waals surface area contributed by atoms with Crippen LogP contribution < -0.4 is 4.74 Å². The van der Waals surface area contributed by atoms with E-state index in [0.29, 0.717) is 12.6 Å². The summed E-state index contributed by atoms with van der Waals surface area (Å²) >= 11 is 0. The molecule has 0 unspecified atom stereocenters. The molecule has 0 N–H and O–H groups in total. The molecular formula is C10H9NO2. The van der Waals surface area contributed by atoms with E-state index in [-0.39, 0.29) is 0 Å². The van der Waals surface area contributed by atoms with Gasteiger partial charge in [-0.2, -0.15) is 0 Å². The maximum atomic E-state index is 5.30. The number of oxazole rings is 1. The third-order valence-electron chi connectivity index (χ3n) is 1.63. The Kier molecular flexibility index (Phi) is 2.27. The van der Waals surface area contributed by atoms with Gasteiger partial charge < -0.3 is 9.15 Å². The molecule has 0 bridgehead atoms. The van der Waals surface area contributed by atoms with Crippen LogP contribution in [0.4, 0.5) is 0 Å². The van der Waals surface area contributed by atoms with Crippen LogP contribution in [0.25, 0.3) is 0 Å². The Bertz CT molecular complexity index is 342. The summed E-state index contributed by atoms with van der Waals surface area (Å²) in [7, 11) is 0. The van der Waals surface area contributed by atoms with Crippen molar-refractivity contribution in [3.63, 3.8) is 0 Å². The van der Waals surface area contributed by atoms with Crippen LogP contribution >= 0.6 is 0 Å². The zero-order valence-electron chi connectivity index (χ0n) is 7.01. The van der Waals surface area contributed by atoms with Crippen LogP contribution in [0.2, 0.25) is 0 Å². The summed E-state index contributed by atoms with van der Waals surface area (Å²) in [6.45, 7) is 0.510. The lowest BCUT2D eigenvalue weighted by Gasteiger charge is -2.00. The number of hydrogen-bond donors (Lipinski definition) is 0. The maximum Gasteiger partial charge on any atom is 0.305 e. The first-order valence-electron chi connectivity index (χ1n) is 4.00. The third-order valence-corrected chi connectivity index (χ3v) is 1.63. The highest BCUT2D eigenvalue weighted by molar-refractivity contribution is 5.14. The standard InChI is InChI=1S/C10H9NO2/c1-2-4-9(5-3-1)7-12-10-6-11-8-13-10/h1-6,8H,7H2. The fraction of sp³-hybridized carbons (Fsp3) is 0.100. The number of benzene rings is 1.